The Labute approximate surface area is 90.9 Å². The maximum atomic E-state index is 13.0. The molecule has 0 aliphatic carbocycles. The lowest BCUT2D eigenvalue weighted by molar-refractivity contribution is 0.0316. The van der Waals surface area contributed by atoms with E-state index >= 15 is 0 Å². The molecule has 1 N–H and O–H groups in total. The average Bonchev–Trinajstić information content (AvgIpc) is 2.17. The van der Waals surface area contributed by atoms with E-state index < -0.39 is 5.60 Å². The van der Waals surface area contributed by atoms with Crippen molar-refractivity contribution in [3.05, 3.63) is 35.6 Å². The summed E-state index contributed by atoms with van der Waals surface area (Å²) in [5.74, 6) is 0.139. The molecule has 2 heteroatoms. The van der Waals surface area contributed by atoms with Crippen molar-refractivity contribution < 1.29 is 9.50 Å². The Hall–Kier alpha value is -0.890. The highest BCUT2D eigenvalue weighted by molar-refractivity contribution is 5.22. The van der Waals surface area contributed by atoms with E-state index in [1.807, 2.05) is 0 Å². The number of hydrogen-bond donors (Lipinski definition) is 1. The number of aliphatic hydroxyl groups is 1. The fourth-order valence-electron chi connectivity index (χ4n) is 1.76. The van der Waals surface area contributed by atoms with Gasteiger partial charge in [0, 0.05) is 0 Å². The van der Waals surface area contributed by atoms with Crippen molar-refractivity contribution in [3.63, 3.8) is 0 Å². The molecule has 1 aromatic rings. The molecule has 0 amide bonds. The van der Waals surface area contributed by atoms with Crippen LogP contribution in [0.4, 0.5) is 4.39 Å². The molecule has 0 radical (unpaired) electrons. The molecule has 0 saturated carbocycles. The normalized spacial score (nSPS) is 17.1. The minimum atomic E-state index is -0.933. The first-order valence-electron chi connectivity index (χ1n) is 5.44. The van der Waals surface area contributed by atoms with Crippen molar-refractivity contribution in [3.8, 4) is 0 Å². The summed E-state index contributed by atoms with van der Waals surface area (Å²) in [7, 11) is 0. The van der Waals surface area contributed by atoms with Gasteiger partial charge < -0.3 is 5.11 Å². The Balaban J connectivity index is 2.85. The van der Waals surface area contributed by atoms with E-state index in [0.717, 1.165) is 6.42 Å². The molecule has 0 aliphatic rings. The van der Waals surface area contributed by atoms with Crippen LogP contribution in [-0.4, -0.2) is 5.11 Å². The average molecular weight is 210 g/mol. The predicted octanol–water partition coefficient (Wildman–Crippen LogP) is 3.47. The number of benzene rings is 1. The fraction of sp³-hybridized carbons (Fsp3) is 0.538. The zero-order chi connectivity index (χ0) is 11.5. The van der Waals surface area contributed by atoms with Crippen molar-refractivity contribution in [2.45, 2.75) is 39.2 Å². The minimum Gasteiger partial charge on any atom is -0.385 e. The molecule has 0 heterocycles. The zero-order valence-corrected chi connectivity index (χ0v) is 9.63. The Bertz CT molecular complexity index is 320. The Morgan fingerprint density at radius 3 is 2.67 bits per heavy atom. The van der Waals surface area contributed by atoms with E-state index in [4.69, 9.17) is 0 Å². The van der Waals surface area contributed by atoms with Crippen molar-refractivity contribution in [1.82, 2.24) is 0 Å². The molecule has 0 spiro atoms. The fourth-order valence-corrected chi connectivity index (χ4v) is 1.76. The van der Waals surface area contributed by atoms with Gasteiger partial charge >= 0.3 is 0 Å². The maximum absolute atomic E-state index is 13.0. The lowest BCUT2D eigenvalue weighted by Gasteiger charge is -2.26. The zero-order valence-electron chi connectivity index (χ0n) is 9.63. The van der Waals surface area contributed by atoms with Gasteiger partial charge in [-0.2, -0.15) is 0 Å². The number of halogens is 1. The van der Waals surface area contributed by atoms with Crippen LogP contribution >= 0.6 is 0 Å². The van der Waals surface area contributed by atoms with Gasteiger partial charge in [-0.25, -0.2) is 4.39 Å². The summed E-state index contributed by atoms with van der Waals surface area (Å²) >= 11 is 0. The van der Waals surface area contributed by atoms with Crippen LogP contribution < -0.4 is 0 Å². The molecular formula is C13H19FO. The van der Waals surface area contributed by atoms with Gasteiger partial charge in [-0.15, -0.1) is 0 Å². The Morgan fingerprint density at radius 1 is 1.47 bits per heavy atom. The third kappa shape index (κ3) is 3.31. The van der Waals surface area contributed by atoms with E-state index in [1.165, 1.54) is 12.1 Å². The molecule has 0 aromatic heterocycles. The van der Waals surface area contributed by atoms with Crippen LogP contribution in [0.5, 0.6) is 0 Å². The van der Waals surface area contributed by atoms with E-state index in [-0.39, 0.29) is 5.82 Å². The van der Waals surface area contributed by atoms with Crippen LogP contribution in [0.15, 0.2) is 24.3 Å². The highest BCUT2D eigenvalue weighted by Crippen LogP contribution is 2.29. The summed E-state index contributed by atoms with van der Waals surface area (Å²) in [4.78, 5) is 0. The molecule has 2 atom stereocenters. The highest BCUT2D eigenvalue weighted by atomic mass is 19.1. The van der Waals surface area contributed by atoms with Crippen LogP contribution in [0.25, 0.3) is 0 Å². The van der Waals surface area contributed by atoms with E-state index in [2.05, 4.69) is 13.8 Å². The summed E-state index contributed by atoms with van der Waals surface area (Å²) in [6.07, 6.45) is 1.68. The molecule has 0 aliphatic heterocycles. The molecule has 1 rings (SSSR count). The highest BCUT2D eigenvalue weighted by Gasteiger charge is 2.25. The van der Waals surface area contributed by atoms with Gasteiger partial charge in [0.05, 0.1) is 5.60 Å². The van der Waals surface area contributed by atoms with Gasteiger partial charge in [-0.05, 0) is 37.0 Å². The van der Waals surface area contributed by atoms with Crippen molar-refractivity contribution >= 4 is 0 Å². The molecule has 1 aromatic carbocycles. The second kappa shape index (κ2) is 4.75. The molecule has 2 unspecified atom stereocenters. The van der Waals surface area contributed by atoms with Gasteiger partial charge in [0.1, 0.15) is 5.82 Å². The van der Waals surface area contributed by atoms with Crippen LogP contribution in [0.2, 0.25) is 0 Å². The summed E-state index contributed by atoms with van der Waals surface area (Å²) in [5.41, 5.74) is -0.278. The SMILES string of the molecule is CCC(C)CC(C)(O)c1cccc(F)c1. The van der Waals surface area contributed by atoms with Crippen molar-refractivity contribution in [1.29, 1.82) is 0 Å². The molecule has 1 nitrogen and oxygen atoms in total. The Kier molecular flexibility index (Phi) is 3.86. The molecular weight excluding hydrogens is 191 g/mol. The lowest BCUT2D eigenvalue weighted by atomic mass is 9.86. The third-order valence-corrected chi connectivity index (χ3v) is 2.89. The molecule has 0 bridgehead atoms. The Morgan fingerprint density at radius 2 is 2.13 bits per heavy atom. The van der Waals surface area contributed by atoms with Gasteiger partial charge in [-0.3, -0.25) is 0 Å². The topological polar surface area (TPSA) is 20.2 Å². The van der Waals surface area contributed by atoms with E-state index in [0.29, 0.717) is 17.9 Å². The summed E-state index contributed by atoms with van der Waals surface area (Å²) < 4.78 is 13.0. The quantitative estimate of drug-likeness (QED) is 0.806. The first kappa shape index (κ1) is 12.2. The van der Waals surface area contributed by atoms with Gasteiger partial charge in [0.2, 0.25) is 0 Å². The number of rotatable bonds is 4. The van der Waals surface area contributed by atoms with Gasteiger partial charge in [-0.1, -0.05) is 32.4 Å². The molecule has 0 saturated heterocycles. The van der Waals surface area contributed by atoms with Crippen LogP contribution in [0.3, 0.4) is 0 Å². The first-order chi connectivity index (χ1) is 6.95. The molecule has 84 valence electrons. The van der Waals surface area contributed by atoms with E-state index in [9.17, 15) is 9.50 Å². The predicted molar refractivity (Wildman–Crippen MR) is 60.0 cm³/mol. The second-order valence-electron chi connectivity index (χ2n) is 4.50. The summed E-state index contributed by atoms with van der Waals surface area (Å²) in [5, 5.41) is 10.2. The van der Waals surface area contributed by atoms with Crippen LogP contribution in [0.1, 0.15) is 39.2 Å². The smallest absolute Gasteiger partial charge is 0.123 e. The molecule has 0 fully saturated rings. The first-order valence-corrected chi connectivity index (χ1v) is 5.44. The van der Waals surface area contributed by atoms with Crippen molar-refractivity contribution in [2.75, 3.05) is 0 Å². The maximum Gasteiger partial charge on any atom is 0.123 e. The largest absolute Gasteiger partial charge is 0.385 e. The standard InChI is InChI=1S/C13H19FO/c1-4-10(2)9-13(3,15)11-6-5-7-12(14)8-11/h5-8,10,15H,4,9H2,1-3H3. The monoisotopic (exact) mass is 210 g/mol. The van der Waals surface area contributed by atoms with Crippen LogP contribution in [0, 0.1) is 11.7 Å². The third-order valence-electron chi connectivity index (χ3n) is 2.89. The molecule has 15 heavy (non-hydrogen) atoms. The van der Waals surface area contributed by atoms with E-state index in [1.54, 1.807) is 19.1 Å². The van der Waals surface area contributed by atoms with Crippen molar-refractivity contribution in [2.24, 2.45) is 5.92 Å². The van der Waals surface area contributed by atoms with Gasteiger partial charge in [0.25, 0.3) is 0 Å². The summed E-state index contributed by atoms with van der Waals surface area (Å²) in [6.45, 7) is 5.92. The second-order valence-corrected chi connectivity index (χ2v) is 4.50. The number of hydrogen-bond acceptors (Lipinski definition) is 1. The minimum absolute atomic E-state index is 0.295. The van der Waals surface area contributed by atoms with Crippen LogP contribution in [-0.2, 0) is 5.60 Å². The van der Waals surface area contributed by atoms with Gasteiger partial charge in [0.15, 0.2) is 0 Å². The lowest BCUT2D eigenvalue weighted by Crippen LogP contribution is -2.24. The summed E-state index contributed by atoms with van der Waals surface area (Å²) in [6, 6.07) is 6.20.